The number of nitrogens with one attached hydrogen (secondary N) is 2. The number of nitrogens with zero attached hydrogens (tertiary/aromatic N) is 1. The van der Waals surface area contributed by atoms with Crippen LogP contribution in [0.4, 0.5) is 11.5 Å². The van der Waals surface area contributed by atoms with E-state index in [1.807, 2.05) is 18.2 Å². The highest BCUT2D eigenvalue weighted by Gasteiger charge is 2.12. The van der Waals surface area contributed by atoms with Crippen LogP contribution in [0.25, 0.3) is 0 Å². The number of hydrogen-bond donors (Lipinski definition) is 2. The van der Waals surface area contributed by atoms with Gasteiger partial charge in [0.15, 0.2) is 0 Å². The molecule has 0 aliphatic carbocycles. The molecular formula is C21H23N3O2. The third-order valence-corrected chi connectivity index (χ3v) is 4.29. The molecule has 0 fully saturated rings. The average Bonchev–Trinajstić information content (AvgIpc) is 3.20. The molecule has 3 aromatic rings. The molecule has 0 saturated carbocycles. The predicted molar refractivity (Wildman–Crippen MR) is 103 cm³/mol. The van der Waals surface area contributed by atoms with Crippen LogP contribution in [0.5, 0.6) is 0 Å². The van der Waals surface area contributed by atoms with Gasteiger partial charge in [0.05, 0.1) is 18.4 Å². The van der Waals surface area contributed by atoms with Gasteiger partial charge in [-0.25, -0.2) is 4.98 Å². The molecule has 134 valence electrons. The van der Waals surface area contributed by atoms with Crippen molar-refractivity contribution in [1.82, 2.24) is 4.98 Å². The first-order chi connectivity index (χ1) is 12.7. The maximum Gasteiger partial charge on any atom is 0.257 e. The fourth-order valence-corrected chi connectivity index (χ4v) is 2.81. The molecule has 0 spiro atoms. The number of rotatable bonds is 7. The summed E-state index contributed by atoms with van der Waals surface area (Å²) in [7, 11) is 0. The molecule has 5 heteroatoms. The molecule has 0 atom stereocenters. The van der Waals surface area contributed by atoms with Crippen molar-refractivity contribution in [2.24, 2.45) is 0 Å². The summed E-state index contributed by atoms with van der Waals surface area (Å²) in [5.74, 6) is 1.38. The van der Waals surface area contributed by atoms with Crippen LogP contribution in [-0.2, 0) is 19.4 Å². The minimum atomic E-state index is -0.148. The molecule has 2 aromatic heterocycles. The Bertz CT molecular complexity index is 833. The van der Waals surface area contributed by atoms with E-state index in [0.29, 0.717) is 17.9 Å². The quantitative estimate of drug-likeness (QED) is 0.651. The van der Waals surface area contributed by atoms with Gasteiger partial charge in [0, 0.05) is 11.9 Å². The smallest absolute Gasteiger partial charge is 0.257 e. The second-order valence-corrected chi connectivity index (χ2v) is 5.98. The van der Waals surface area contributed by atoms with Crippen molar-refractivity contribution in [2.45, 2.75) is 33.2 Å². The summed E-state index contributed by atoms with van der Waals surface area (Å²) in [5, 5.41) is 6.22. The van der Waals surface area contributed by atoms with E-state index in [0.717, 1.165) is 35.4 Å². The van der Waals surface area contributed by atoms with E-state index < -0.39 is 0 Å². The van der Waals surface area contributed by atoms with Gasteiger partial charge in [-0.1, -0.05) is 32.0 Å². The Kier molecular flexibility index (Phi) is 5.69. The normalized spacial score (nSPS) is 10.5. The maximum atomic E-state index is 12.6. The highest BCUT2D eigenvalue weighted by atomic mass is 16.3. The SMILES string of the molecule is CCc1cccc(CC)c1NC(=O)c1ccc(NCc2ccco2)nc1. The Morgan fingerprint density at radius 2 is 1.81 bits per heavy atom. The van der Waals surface area contributed by atoms with Crippen molar-refractivity contribution < 1.29 is 9.21 Å². The van der Waals surface area contributed by atoms with Gasteiger partial charge in [0.1, 0.15) is 11.6 Å². The van der Waals surface area contributed by atoms with E-state index in [-0.39, 0.29) is 5.91 Å². The number of carbonyl (C=O) groups excluding carboxylic acids is 1. The Morgan fingerprint density at radius 3 is 2.38 bits per heavy atom. The van der Waals surface area contributed by atoms with Gasteiger partial charge in [-0.3, -0.25) is 4.79 Å². The van der Waals surface area contributed by atoms with Gasteiger partial charge >= 0.3 is 0 Å². The largest absolute Gasteiger partial charge is 0.467 e. The molecule has 2 N–H and O–H groups in total. The number of pyridine rings is 1. The minimum absolute atomic E-state index is 0.148. The lowest BCUT2D eigenvalue weighted by Crippen LogP contribution is -2.15. The summed E-state index contributed by atoms with van der Waals surface area (Å²) in [6.07, 6.45) is 4.96. The molecule has 2 heterocycles. The van der Waals surface area contributed by atoms with Gasteiger partial charge in [0.2, 0.25) is 0 Å². The number of anilines is 2. The molecule has 26 heavy (non-hydrogen) atoms. The molecule has 5 nitrogen and oxygen atoms in total. The fourth-order valence-electron chi connectivity index (χ4n) is 2.81. The number of aromatic nitrogens is 1. The van der Waals surface area contributed by atoms with Crippen LogP contribution in [0.2, 0.25) is 0 Å². The minimum Gasteiger partial charge on any atom is -0.467 e. The summed E-state index contributed by atoms with van der Waals surface area (Å²) >= 11 is 0. The number of amides is 1. The number of hydrogen-bond acceptors (Lipinski definition) is 4. The van der Waals surface area contributed by atoms with Crippen molar-refractivity contribution in [3.8, 4) is 0 Å². The molecule has 0 saturated heterocycles. The van der Waals surface area contributed by atoms with Gasteiger partial charge in [0.25, 0.3) is 5.91 Å². The Balaban J connectivity index is 1.69. The van der Waals surface area contributed by atoms with E-state index in [1.165, 1.54) is 0 Å². The van der Waals surface area contributed by atoms with Crippen LogP contribution >= 0.6 is 0 Å². The van der Waals surface area contributed by atoms with Gasteiger partial charge in [-0.15, -0.1) is 0 Å². The fraction of sp³-hybridized carbons (Fsp3) is 0.238. The van der Waals surface area contributed by atoms with Crippen LogP contribution in [0.1, 0.15) is 41.1 Å². The zero-order valence-electron chi connectivity index (χ0n) is 15.1. The Hall–Kier alpha value is -3.08. The maximum absolute atomic E-state index is 12.6. The molecule has 0 unspecified atom stereocenters. The van der Waals surface area contributed by atoms with Crippen LogP contribution in [0, 0.1) is 0 Å². The summed E-state index contributed by atoms with van der Waals surface area (Å²) in [6, 6.07) is 13.4. The number of benzene rings is 1. The third-order valence-electron chi connectivity index (χ3n) is 4.29. The average molecular weight is 349 g/mol. The zero-order valence-corrected chi connectivity index (χ0v) is 15.1. The lowest BCUT2D eigenvalue weighted by atomic mass is 10.0. The number of aryl methyl sites for hydroxylation is 2. The monoisotopic (exact) mass is 349 g/mol. The molecule has 0 radical (unpaired) electrons. The zero-order chi connectivity index (χ0) is 18.4. The van der Waals surface area contributed by atoms with Crippen molar-refractivity contribution in [1.29, 1.82) is 0 Å². The van der Waals surface area contributed by atoms with Gasteiger partial charge in [-0.05, 0) is 48.2 Å². The van der Waals surface area contributed by atoms with Crippen LogP contribution in [0.15, 0.2) is 59.3 Å². The first-order valence-corrected chi connectivity index (χ1v) is 8.85. The second-order valence-electron chi connectivity index (χ2n) is 5.98. The second kappa shape index (κ2) is 8.34. The third kappa shape index (κ3) is 4.11. The first-order valence-electron chi connectivity index (χ1n) is 8.85. The Labute approximate surface area is 153 Å². The van der Waals surface area contributed by atoms with E-state index in [4.69, 9.17) is 4.42 Å². The Morgan fingerprint density at radius 1 is 1.04 bits per heavy atom. The lowest BCUT2D eigenvalue weighted by molar-refractivity contribution is 0.102. The molecule has 1 aromatic carbocycles. The lowest BCUT2D eigenvalue weighted by Gasteiger charge is -2.14. The molecule has 3 rings (SSSR count). The first kappa shape index (κ1) is 17.7. The number of para-hydroxylation sites is 1. The highest BCUT2D eigenvalue weighted by Crippen LogP contribution is 2.23. The molecule has 1 amide bonds. The molecule has 0 aliphatic heterocycles. The van der Waals surface area contributed by atoms with Crippen molar-refractivity contribution in [3.05, 3.63) is 77.4 Å². The van der Waals surface area contributed by atoms with Gasteiger partial charge in [-0.2, -0.15) is 0 Å². The predicted octanol–water partition coefficient (Wildman–Crippen LogP) is 4.66. The standard InChI is InChI=1S/C21H23N3O2/c1-3-15-7-5-8-16(4-2)20(15)24-21(25)17-10-11-19(22-13-17)23-14-18-9-6-12-26-18/h5-13H,3-4,14H2,1-2H3,(H,22,23)(H,24,25). The molecule has 0 aliphatic rings. The van der Waals surface area contributed by atoms with Crippen LogP contribution < -0.4 is 10.6 Å². The molecule has 0 bridgehead atoms. The van der Waals surface area contributed by atoms with Gasteiger partial charge < -0.3 is 15.1 Å². The summed E-state index contributed by atoms with van der Waals surface area (Å²) in [6.45, 7) is 4.73. The van der Waals surface area contributed by atoms with E-state index in [1.54, 1.807) is 24.6 Å². The van der Waals surface area contributed by atoms with E-state index in [9.17, 15) is 4.79 Å². The number of furan rings is 1. The van der Waals surface area contributed by atoms with Crippen molar-refractivity contribution in [2.75, 3.05) is 10.6 Å². The summed E-state index contributed by atoms with van der Waals surface area (Å²) in [5.41, 5.74) is 3.73. The van der Waals surface area contributed by atoms with E-state index in [2.05, 4.69) is 41.6 Å². The summed E-state index contributed by atoms with van der Waals surface area (Å²) < 4.78 is 5.27. The topological polar surface area (TPSA) is 67.2 Å². The van der Waals surface area contributed by atoms with Crippen LogP contribution in [-0.4, -0.2) is 10.9 Å². The summed E-state index contributed by atoms with van der Waals surface area (Å²) in [4.78, 5) is 16.9. The van der Waals surface area contributed by atoms with E-state index >= 15 is 0 Å². The van der Waals surface area contributed by atoms with Crippen molar-refractivity contribution >= 4 is 17.4 Å². The number of carbonyl (C=O) groups is 1. The highest BCUT2D eigenvalue weighted by molar-refractivity contribution is 6.05. The van der Waals surface area contributed by atoms with Crippen molar-refractivity contribution in [3.63, 3.8) is 0 Å². The van der Waals surface area contributed by atoms with Crippen LogP contribution in [0.3, 0.4) is 0 Å². The molecular weight excluding hydrogens is 326 g/mol.